The van der Waals surface area contributed by atoms with Gasteiger partial charge in [-0.3, -0.25) is 4.79 Å². The number of carbonyl (C=O) groups is 1. The van der Waals surface area contributed by atoms with E-state index < -0.39 is 5.60 Å². The lowest BCUT2D eigenvalue weighted by Gasteiger charge is -2.40. The van der Waals surface area contributed by atoms with Gasteiger partial charge in [0.2, 0.25) is 5.91 Å². The van der Waals surface area contributed by atoms with Gasteiger partial charge >= 0.3 is 0 Å². The molecule has 1 amide bonds. The zero-order chi connectivity index (χ0) is 14.8. The van der Waals surface area contributed by atoms with Gasteiger partial charge < -0.3 is 15.3 Å². The van der Waals surface area contributed by atoms with Gasteiger partial charge in [-0.15, -0.1) is 0 Å². The molecular weight excluding hydrogens is 252 g/mol. The number of piperidine rings is 1. The Labute approximate surface area is 122 Å². The molecule has 0 aromatic rings. The lowest BCUT2D eigenvalue weighted by atomic mass is 9.74. The number of rotatable bonds is 4. The summed E-state index contributed by atoms with van der Waals surface area (Å²) in [7, 11) is 1.84. The molecule has 1 heterocycles. The van der Waals surface area contributed by atoms with Crippen molar-refractivity contribution in [2.24, 2.45) is 11.3 Å². The summed E-state index contributed by atoms with van der Waals surface area (Å²) in [6, 6.07) is 0. The Morgan fingerprint density at radius 2 is 2.00 bits per heavy atom. The molecule has 1 saturated carbocycles. The van der Waals surface area contributed by atoms with Gasteiger partial charge in [-0.05, 0) is 44.7 Å². The summed E-state index contributed by atoms with van der Waals surface area (Å²) < 4.78 is 0. The van der Waals surface area contributed by atoms with Gasteiger partial charge in [0.15, 0.2) is 0 Å². The van der Waals surface area contributed by atoms with Gasteiger partial charge in [0.1, 0.15) is 0 Å². The van der Waals surface area contributed by atoms with Crippen LogP contribution >= 0.6 is 0 Å². The number of carbonyl (C=O) groups excluding carboxylic acids is 1. The molecule has 1 aliphatic carbocycles. The fraction of sp³-hybridized carbons (Fsp3) is 0.938. The van der Waals surface area contributed by atoms with Crippen LogP contribution < -0.4 is 5.32 Å². The fourth-order valence-corrected chi connectivity index (χ4v) is 3.84. The summed E-state index contributed by atoms with van der Waals surface area (Å²) in [5.41, 5.74) is -0.998. The normalized spacial score (nSPS) is 26.5. The summed E-state index contributed by atoms with van der Waals surface area (Å²) in [6.45, 7) is 6.59. The van der Waals surface area contributed by atoms with Crippen LogP contribution in [0.25, 0.3) is 0 Å². The van der Waals surface area contributed by atoms with Crippen LogP contribution in [0.3, 0.4) is 0 Å². The first kappa shape index (κ1) is 15.8. The summed E-state index contributed by atoms with van der Waals surface area (Å²) >= 11 is 0. The third-order valence-electron chi connectivity index (χ3n) is 5.28. The maximum atomic E-state index is 12.8. The minimum Gasteiger partial charge on any atom is -0.388 e. The summed E-state index contributed by atoms with van der Waals surface area (Å²) in [4.78, 5) is 14.5. The number of likely N-dealkylation sites (N-methyl/N-ethyl adjacent to an activating group) is 1. The molecule has 2 N–H and O–H groups in total. The van der Waals surface area contributed by atoms with E-state index in [1.54, 1.807) is 4.90 Å². The summed E-state index contributed by atoms with van der Waals surface area (Å²) in [5, 5.41) is 13.9. The van der Waals surface area contributed by atoms with E-state index >= 15 is 0 Å². The Kier molecular flexibility index (Phi) is 4.75. The van der Waals surface area contributed by atoms with Gasteiger partial charge in [-0.2, -0.15) is 0 Å². The first-order valence-electron chi connectivity index (χ1n) is 8.04. The second kappa shape index (κ2) is 6.02. The number of amides is 1. The topological polar surface area (TPSA) is 52.6 Å². The van der Waals surface area contributed by atoms with Crippen molar-refractivity contribution >= 4 is 5.91 Å². The van der Waals surface area contributed by atoms with Crippen LogP contribution in [0.2, 0.25) is 0 Å². The standard InChI is InChI=1S/C16H30N2O2/c1-15(2,13-7-6-10-17-11-13)14(19)18(3)12-16(20)8-4-5-9-16/h13,17,20H,4-12H2,1-3H3. The van der Waals surface area contributed by atoms with Crippen LogP contribution in [-0.2, 0) is 4.79 Å². The first-order chi connectivity index (χ1) is 9.35. The largest absolute Gasteiger partial charge is 0.388 e. The average Bonchev–Trinajstić information content (AvgIpc) is 2.85. The number of hydrogen-bond acceptors (Lipinski definition) is 3. The van der Waals surface area contributed by atoms with E-state index in [2.05, 4.69) is 19.2 Å². The van der Waals surface area contributed by atoms with Crippen LogP contribution in [-0.4, -0.2) is 48.2 Å². The molecule has 116 valence electrons. The molecule has 0 aromatic heterocycles. The predicted octanol–water partition coefficient (Wildman–Crippen LogP) is 1.78. The van der Waals surface area contributed by atoms with E-state index in [9.17, 15) is 9.90 Å². The Morgan fingerprint density at radius 1 is 1.35 bits per heavy atom. The molecule has 4 nitrogen and oxygen atoms in total. The predicted molar refractivity (Wildman–Crippen MR) is 80.4 cm³/mol. The zero-order valence-electron chi connectivity index (χ0n) is 13.2. The van der Waals surface area contributed by atoms with E-state index in [4.69, 9.17) is 0 Å². The van der Waals surface area contributed by atoms with Crippen LogP contribution in [0.1, 0.15) is 52.4 Å². The van der Waals surface area contributed by atoms with Gasteiger partial charge in [-0.25, -0.2) is 0 Å². The van der Waals surface area contributed by atoms with Crippen LogP contribution in [0.5, 0.6) is 0 Å². The highest BCUT2D eigenvalue weighted by atomic mass is 16.3. The zero-order valence-corrected chi connectivity index (χ0v) is 13.2. The first-order valence-corrected chi connectivity index (χ1v) is 8.04. The third-order valence-corrected chi connectivity index (χ3v) is 5.28. The van der Waals surface area contributed by atoms with Crippen molar-refractivity contribution in [3.05, 3.63) is 0 Å². The lowest BCUT2D eigenvalue weighted by Crippen LogP contribution is -2.51. The number of nitrogens with one attached hydrogen (secondary N) is 1. The number of aliphatic hydroxyl groups is 1. The quantitative estimate of drug-likeness (QED) is 0.826. The smallest absolute Gasteiger partial charge is 0.228 e. The van der Waals surface area contributed by atoms with Crippen molar-refractivity contribution < 1.29 is 9.90 Å². The molecule has 1 unspecified atom stereocenters. The third kappa shape index (κ3) is 3.34. The van der Waals surface area contributed by atoms with E-state index in [1.807, 2.05) is 7.05 Å². The number of hydrogen-bond donors (Lipinski definition) is 2. The van der Waals surface area contributed by atoms with Crippen molar-refractivity contribution in [3.8, 4) is 0 Å². The molecule has 0 bridgehead atoms. The van der Waals surface area contributed by atoms with E-state index in [-0.39, 0.29) is 11.3 Å². The highest BCUT2D eigenvalue weighted by Gasteiger charge is 2.41. The molecule has 0 aromatic carbocycles. The lowest BCUT2D eigenvalue weighted by molar-refractivity contribution is -0.145. The molecule has 20 heavy (non-hydrogen) atoms. The van der Waals surface area contributed by atoms with Crippen molar-refractivity contribution in [1.29, 1.82) is 0 Å². The van der Waals surface area contributed by atoms with Gasteiger partial charge in [0.05, 0.1) is 5.60 Å². The highest BCUT2D eigenvalue weighted by molar-refractivity contribution is 5.82. The monoisotopic (exact) mass is 282 g/mol. The van der Waals surface area contributed by atoms with E-state index in [0.717, 1.165) is 51.6 Å². The van der Waals surface area contributed by atoms with Gasteiger partial charge in [0.25, 0.3) is 0 Å². The molecule has 2 fully saturated rings. The molecule has 2 aliphatic rings. The van der Waals surface area contributed by atoms with Crippen LogP contribution in [0, 0.1) is 11.3 Å². The second-order valence-corrected chi connectivity index (χ2v) is 7.36. The van der Waals surface area contributed by atoms with Crippen molar-refractivity contribution in [3.63, 3.8) is 0 Å². The minimum absolute atomic E-state index is 0.173. The molecule has 1 saturated heterocycles. The summed E-state index contributed by atoms with van der Waals surface area (Å²) in [5.74, 6) is 0.566. The van der Waals surface area contributed by atoms with Crippen LogP contribution in [0.15, 0.2) is 0 Å². The van der Waals surface area contributed by atoms with Crippen LogP contribution in [0.4, 0.5) is 0 Å². The Hall–Kier alpha value is -0.610. The Balaban J connectivity index is 1.97. The van der Waals surface area contributed by atoms with Crippen molar-refractivity contribution in [2.45, 2.75) is 58.0 Å². The maximum absolute atomic E-state index is 12.8. The maximum Gasteiger partial charge on any atom is 0.228 e. The highest BCUT2D eigenvalue weighted by Crippen LogP contribution is 2.35. The average molecular weight is 282 g/mol. The Bertz CT molecular complexity index is 342. The molecule has 0 radical (unpaired) electrons. The minimum atomic E-state index is -0.648. The fourth-order valence-electron chi connectivity index (χ4n) is 3.84. The van der Waals surface area contributed by atoms with Crippen molar-refractivity contribution in [1.82, 2.24) is 10.2 Å². The molecule has 1 atom stereocenters. The molecule has 0 spiro atoms. The summed E-state index contributed by atoms with van der Waals surface area (Å²) in [6.07, 6.45) is 6.08. The molecule has 2 rings (SSSR count). The van der Waals surface area contributed by atoms with Crippen molar-refractivity contribution in [2.75, 3.05) is 26.7 Å². The number of nitrogens with zero attached hydrogens (tertiary/aromatic N) is 1. The molecular formula is C16H30N2O2. The SMILES string of the molecule is CN(CC1(O)CCCC1)C(=O)C(C)(C)C1CCCNC1. The molecule has 1 aliphatic heterocycles. The molecule has 4 heteroatoms. The Morgan fingerprint density at radius 3 is 2.55 bits per heavy atom. The second-order valence-electron chi connectivity index (χ2n) is 7.36. The van der Waals surface area contributed by atoms with E-state index in [1.165, 1.54) is 0 Å². The van der Waals surface area contributed by atoms with Gasteiger partial charge in [-0.1, -0.05) is 26.7 Å². The van der Waals surface area contributed by atoms with Gasteiger partial charge in [0, 0.05) is 19.0 Å². The van der Waals surface area contributed by atoms with E-state index in [0.29, 0.717) is 12.5 Å².